The van der Waals surface area contributed by atoms with Crippen LogP contribution in [0.2, 0.25) is 0 Å². The van der Waals surface area contributed by atoms with E-state index < -0.39 is 11.6 Å². The molecule has 166 valence electrons. The fourth-order valence-electron chi connectivity index (χ4n) is 4.02. The number of guanidine groups is 1. The Kier molecular flexibility index (Phi) is 8.01. The molecule has 2 saturated heterocycles. The van der Waals surface area contributed by atoms with Gasteiger partial charge in [-0.1, -0.05) is 13.0 Å². The van der Waals surface area contributed by atoms with Gasteiger partial charge < -0.3 is 15.1 Å². The van der Waals surface area contributed by atoms with Gasteiger partial charge in [0.2, 0.25) is 5.91 Å². The molecule has 30 heavy (non-hydrogen) atoms. The normalized spacial score (nSPS) is 19.3. The predicted octanol–water partition coefficient (Wildman–Crippen LogP) is 2.27. The largest absolute Gasteiger partial charge is 0.357 e. The fraction of sp³-hybridized carbons (Fsp3) is 0.636. The Morgan fingerprint density at radius 2 is 1.80 bits per heavy atom. The standard InChI is InChI=1S/C22H33F2N5O/c1-3-25-22(26-15-17(2)19-7-6-18(23)14-20(19)24)29-12-10-27(11-13-29)16-21(30)28-8-4-5-9-28/h6-7,14,17H,3-5,8-13,15-16H2,1-2H3,(H,25,26). The van der Waals surface area contributed by atoms with Crippen molar-refractivity contribution in [3.8, 4) is 0 Å². The number of carbonyl (C=O) groups is 1. The van der Waals surface area contributed by atoms with Crippen LogP contribution in [0.25, 0.3) is 0 Å². The lowest BCUT2D eigenvalue weighted by Gasteiger charge is -2.36. The molecule has 2 fully saturated rings. The molecule has 6 nitrogen and oxygen atoms in total. The van der Waals surface area contributed by atoms with Gasteiger partial charge >= 0.3 is 0 Å². The Morgan fingerprint density at radius 1 is 1.10 bits per heavy atom. The Bertz CT molecular complexity index is 743. The summed E-state index contributed by atoms with van der Waals surface area (Å²) >= 11 is 0. The SMILES string of the molecule is CCNC(=NCC(C)c1ccc(F)cc1F)N1CCN(CC(=O)N2CCCC2)CC1. The molecule has 2 heterocycles. The van der Waals surface area contributed by atoms with E-state index in [1.807, 2.05) is 18.7 Å². The number of hydrogen-bond donors (Lipinski definition) is 1. The third kappa shape index (κ3) is 5.90. The smallest absolute Gasteiger partial charge is 0.236 e. The molecule has 2 aliphatic rings. The van der Waals surface area contributed by atoms with Crippen LogP contribution in [0.1, 0.15) is 38.2 Å². The van der Waals surface area contributed by atoms with Gasteiger partial charge in [-0.15, -0.1) is 0 Å². The molecular weight excluding hydrogens is 388 g/mol. The van der Waals surface area contributed by atoms with Crippen molar-refractivity contribution in [2.24, 2.45) is 4.99 Å². The van der Waals surface area contributed by atoms with Crippen LogP contribution in [0, 0.1) is 11.6 Å². The van der Waals surface area contributed by atoms with Crippen LogP contribution < -0.4 is 5.32 Å². The van der Waals surface area contributed by atoms with Gasteiger partial charge in [-0.05, 0) is 31.4 Å². The Morgan fingerprint density at radius 3 is 2.43 bits per heavy atom. The molecule has 0 aliphatic carbocycles. The molecule has 1 amide bonds. The molecule has 3 rings (SSSR count). The van der Waals surface area contributed by atoms with E-state index >= 15 is 0 Å². The topological polar surface area (TPSA) is 51.2 Å². The number of nitrogens with zero attached hydrogens (tertiary/aromatic N) is 4. The van der Waals surface area contributed by atoms with E-state index in [9.17, 15) is 13.6 Å². The molecular formula is C22H33F2N5O. The number of nitrogens with one attached hydrogen (secondary N) is 1. The highest BCUT2D eigenvalue weighted by molar-refractivity contribution is 5.80. The van der Waals surface area contributed by atoms with Gasteiger partial charge in [0, 0.05) is 64.3 Å². The van der Waals surface area contributed by atoms with Crippen molar-refractivity contribution in [1.29, 1.82) is 0 Å². The Labute approximate surface area is 177 Å². The van der Waals surface area contributed by atoms with Crippen LogP contribution in [0.4, 0.5) is 8.78 Å². The molecule has 0 saturated carbocycles. The van der Waals surface area contributed by atoms with E-state index in [0.717, 1.165) is 70.7 Å². The number of aliphatic imine (C=N–C) groups is 1. The second kappa shape index (κ2) is 10.7. The number of likely N-dealkylation sites (tertiary alicyclic amines) is 1. The summed E-state index contributed by atoms with van der Waals surface area (Å²) < 4.78 is 27.2. The first-order valence-corrected chi connectivity index (χ1v) is 11.0. The summed E-state index contributed by atoms with van der Waals surface area (Å²) in [5, 5.41) is 3.31. The number of amides is 1. The van der Waals surface area contributed by atoms with Crippen LogP contribution in [-0.4, -0.2) is 85.5 Å². The molecule has 0 spiro atoms. The van der Waals surface area contributed by atoms with Crippen LogP contribution in [0.5, 0.6) is 0 Å². The van der Waals surface area contributed by atoms with Gasteiger partial charge in [-0.3, -0.25) is 14.7 Å². The van der Waals surface area contributed by atoms with Crippen molar-refractivity contribution in [3.05, 3.63) is 35.4 Å². The summed E-state index contributed by atoms with van der Waals surface area (Å²) in [5.74, 6) is -0.215. The summed E-state index contributed by atoms with van der Waals surface area (Å²) in [6.07, 6.45) is 2.23. The second-order valence-electron chi connectivity index (χ2n) is 8.11. The Balaban J connectivity index is 1.53. The maximum Gasteiger partial charge on any atom is 0.236 e. The summed E-state index contributed by atoms with van der Waals surface area (Å²) in [4.78, 5) is 23.4. The van der Waals surface area contributed by atoms with E-state index in [-0.39, 0.29) is 11.8 Å². The minimum atomic E-state index is -0.568. The summed E-state index contributed by atoms with van der Waals surface area (Å²) in [5.41, 5.74) is 0.473. The zero-order valence-corrected chi connectivity index (χ0v) is 18.0. The van der Waals surface area contributed by atoms with Gasteiger partial charge in [0.25, 0.3) is 0 Å². The van der Waals surface area contributed by atoms with E-state index in [4.69, 9.17) is 4.99 Å². The zero-order chi connectivity index (χ0) is 21.5. The summed E-state index contributed by atoms with van der Waals surface area (Å²) in [6.45, 7) is 10.5. The molecule has 2 aliphatic heterocycles. The van der Waals surface area contributed by atoms with Crippen molar-refractivity contribution in [3.63, 3.8) is 0 Å². The molecule has 0 aromatic heterocycles. The van der Waals surface area contributed by atoms with Gasteiger partial charge in [-0.2, -0.15) is 0 Å². The highest BCUT2D eigenvalue weighted by Crippen LogP contribution is 2.20. The van der Waals surface area contributed by atoms with Crippen LogP contribution in [0.3, 0.4) is 0 Å². The maximum absolute atomic E-state index is 14.0. The minimum Gasteiger partial charge on any atom is -0.357 e. The van der Waals surface area contributed by atoms with Gasteiger partial charge in [-0.25, -0.2) is 8.78 Å². The lowest BCUT2D eigenvalue weighted by molar-refractivity contribution is -0.131. The van der Waals surface area contributed by atoms with E-state index in [1.54, 1.807) is 0 Å². The monoisotopic (exact) mass is 421 g/mol. The molecule has 0 bridgehead atoms. The lowest BCUT2D eigenvalue weighted by Crippen LogP contribution is -2.54. The third-order valence-corrected chi connectivity index (χ3v) is 5.83. The van der Waals surface area contributed by atoms with Crippen molar-refractivity contribution in [1.82, 2.24) is 20.0 Å². The van der Waals surface area contributed by atoms with E-state index in [1.165, 1.54) is 12.1 Å². The molecule has 1 aromatic carbocycles. The van der Waals surface area contributed by atoms with Crippen LogP contribution in [0.15, 0.2) is 23.2 Å². The summed E-state index contributed by atoms with van der Waals surface area (Å²) in [7, 11) is 0. The van der Waals surface area contributed by atoms with Crippen molar-refractivity contribution >= 4 is 11.9 Å². The number of rotatable bonds is 6. The average molecular weight is 422 g/mol. The number of piperazine rings is 1. The van der Waals surface area contributed by atoms with Crippen LogP contribution >= 0.6 is 0 Å². The first-order valence-electron chi connectivity index (χ1n) is 11.0. The zero-order valence-electron chi connectivity index (χ0n) is 18.0. The van der Waals surface area contributed by atoms with Crippen molar-refractivity contribution < 1.29 is 13.6 Å². The minimum absolute atomic E-state index is 0.154. The van der Waals surface area contributed by atoms with Crippen molar-refractivity contribution in [2.75, 3.05) is 58.9 Å². The molecule has 1 aromatic rings. The van der Waals surface area contributed by atoms with Crippen LogP contribution in [-0.2, 0) is 4.79 Å². The first-order chi connectivity index (χ1) is 14.5. The number of hydrogen-bond acceptors (Lipinski definition) is 3. The van der Waals surface area contributed by atoms with E-state index in [0.29, 0.717) is 18.7 Å². The summed E-state index contributed by atoms with van der Waals surface area (Å²) in [6, 6.07) is 3.70. The Hall–Kier alpha value is -2.22. The second-order valence-corrected chi connectivity index (χ2v) is 8.11. The number of benzene rings is 1. The number of carbonyl (C=O) groups excluding carboxylic acids is 1. The van der Waals surface area contributed by atoms with E-state index in [2.05, 4.69) is 15.1 Å². The average Bonchev–Trinajstić information content (AvgIpc) is 3.27. The molecule has 1 unspecified atom stereocenters. The van der Waals surface area contributed by atoms with Gasteiger partial charge in [0.1, 0.15) is 11.6 Å². The first kappa shape index (κ1) is 22.5. The predicted molar refractivity (Wildman–Crippen MR) is 115 cm³/mol. The fourth-order valence-corrected chi connectivity index (χ4v) is 4.02. The van der Waals surface area contributed by atoms with Gasteiger partial charge in [0.05, 0.1) is 6.54 Å². The maximum atomic E-state index is 14.0. The molecule has 8 heteroatoms. The number of halogens is 2. The highest BCUT2D eigenvalue weighted by Gasteiger charge is 2.24. The quantitative estimate of drug-likeness (QED) is 0.566. The van der Waals surface area contributed by atoms with Crippen molar-refractivity contribution in [2.45, 2.75) is 32.6 Å². The molecule has 0 radical (unpaired) electrons. The third-order valence-electron chi connectivity index (χ3n) is 5.83. The lowest BCUT2D eigenvalue weighted by atomic mass is 10.0. The molecule has 1 atom stereocenters. The highest BCUT2D eigenvalue weighted by atomic mass is 19.1. The molecule has 1 N–H and O–H groups in total. The van der Waals surface area contributed by atoms with Gasteiger partial charge in [0.15, 0.2) is 5.96 Å².